The summed E-state index contributed by atoms with van der Waals surface area (Å²) in [6, 6.07) is 3.71. The van der Waals surface area contributed by atoms with Crippen LogP contribution in [0.4, 0.5) is 0 Å². The van der Waals surface area contributed by atoms with Crippen LogP contribution in [0.15, 0.2) is 29.1 Å². The van der Waals surface area contributed by atoms with E-state index in [-0.39, 0.29) is 23.7 Å². The van der Waals surface area contributed by atoms with Crippen molar-refractivity contribution in [3.8, 4) is 0 Å². The molecule has 3 heterocycles. The van der Waals surface area contributed by atoms with Crippen molar-refractivity contribution in [1.29, 1.82) is 0 Å². The number of furan rings is 1. The zero-order valence-electron chi connectivity index (χ0n) is 16.3. The van der Waals surface area contributed by atoms with Gasteiger partial charge in [-0.15, -0.1) is 0 Å². The van der Waals surface area contributed by atoms with Gasteiger partial charge in [0.15, 0.2) is 0 Å². The van der Waals surface area contributed by atoms with Crippen LogP contribution in [0, 0.1) is 25.7 Å². The van der Waals surface area contributed by atoms with E-state index >= 15 is 0 Å². The van der Waals surface area contributed by atoms with Crippen molar-refractivity contribution in [2.45, 2.75) is 40.2 Å². The van der Waals surface area contributed by atoms with E-state index in [9.17, 15) is 9.59 Å². The number of rotatable bonds is 6. The van der Waals surface area contributed by atoms with Gasteiger partial charge in [-0.25, -0.2) is 0 Å². The number of hydrogen-bond donors (Lipinski definition) is 1. The molecule has 1 aliphatic rings. The fraction of sp³-hybridized carbons (Fsp3) is 0.550. The lowest BCUT2D eigenvalue weighted by atomic mass is 9.96. The summed E-state index contributed by atoms with van der Waals surface area (Å²) in [5.41, 5.74) is 2.68. The van der Waals surface area contributed by atoms with Crippen molar-refractivity contribution in [3.05, 3.63) is 41.6 Å². The minimum atomic E-state index is -0.157. The number of aromatic nitrogens is 2. The molecule has 1 N–H and O–H groups in total. The number of piperidine rings is 1. The first-order valence-corrected chi connectivity index (χ1v) is 9.54. The van der Waals surface area contributed by atoms with Crippen molar-refractivity contribution < 1.29 is 14.0 Å². The van der Waals surface area contributed by atoms with E-state index < -0.39 is 0 Å². The van der Waals surface area contributed by atoms with E-state index in [1.807, 2.05) is 18.5 Å². The summed E-state index contributed by atoms with van der Waals surface area (Å²) in [7, 11) is 0. The van der Waals surface area contributed by atoms with Crippen molar-refractivity contribution in [2.24, 2.45) is 11.8 Å². The average molecular weight is 372 g/mol. The lowest BCUT2D eigenvalue weighted by Gasteiger charge is -2.32. The maximum atomic E-state index is 12.6. The van der Waals surface area contributed by atoms with Crippen LogP contribution in [0.25, 0.3) is 0 Å². The number of likely N-dealkylation sites (tertiary alicyclic amines) is 1. The lowest BCUT2D eigenvalue weighted by Crippen LogP contribution is -2.46. The molecule has 7 heteroatoms. The summed E-state index contributed by atoms with van der Waals surface area (Å²) in [5.74, 6) is 0.0775. The lowest BCUT2D eigenvalue weighted by molar-refractivity contribution is -0.126. The van der Waals surface area contributed by atoms with Gasteiger partial charge in [-0.1, -0.05) is 6.92 Å². The van der Waals surface area contributed by atoms with E-state index in [2.05, 4.69) is 23.4 Å². The molecule has 2 aromatic rings. The maximum absolute atomic E-state index is 12.6. The Kier molecular flexibility index (Phi) is 5.98. The van der Waals surface area contributed by atoms with Gasteiger partial charge in [-0.05, 0) is 44.7 Å². The second-order valence-corrected chi connectivity index (χ2v) is 7.56. The Labute approximate surface area is 159 Å². The molecule has 1 saturated heterocycles. The van der Waals surface area contributed by atoms with Crippen LogP contribution in [-0.4, -0.2) is 46.1 Å². The molecular weight excluding hydrogens is 344 g/mol. The zero-order chi connectivity index (χ0) is 19.4. The van der Waals surface area contributed by atoms with Gasteiger partial charge in [-0.3, -0.25) is 14.3 Å². The summed E-state index contributed by atoms with van der Waals surface area (Å²) in [6.07, 6.45) is 4.59. The molecule has 3 rings (SSSR count). The number of nitrogens with one attached hydrogen (secondary N) is 1. The minimum Gasteiger partial charge on any atom is -0.472 e. The molecule has 0 spiro atoms. The SMILES string of the molecule is Cc1cc(C)n(C[C@H](C)CNC(=O)[C@@H]2CCCN(C(=O)c3ccoc3)C2)n1. The normalized spacial score (nSPS) is 18.3. The van der Waals surface area contributed by atoms with Crippen molar-refractivity contribution >= 4 is 11.8 Å². The summed E-state index contributed by atoms with van der Waals surface area (Å²) >= 11 is 0. The fourth-order valence-electron chi connectivity index (χ4n) is 3.58. The molecule has 2 amide bonds. The molecule has 0 aromatic carbocycles. The first-order chi connectivity index (χ1) is 12.9. The standard InChI is InChI=1S/C20H28N4O3/c1-14(11-24-16(3)9-15(2)22-24)10-21-19(25)17-5-4-7-23(12-17)20(26)18-6-8-27-13-18/h6,8-9,13-14,17H,4-5,7,10-12H2,1-3H3,(H,21,25)/t14-,17-/m1/s1. The Morgan fingerprint density at radius 1 is 1.41 bits per heavy atom. The molecular formula is C20H28N4O3. The van der Waals surface area contributed by atoms with E-state index in [0.29, 0.717) is 25.2 Å². The topological polar surface area (TPSA) is 80.4 Å². The van der Waals surface area contributed by atoms with Crippen LogP contribution in [0.2, 0.25) is 0 Å². The van der Waals surface area contributed by atoms with Crippen molar-refractivity contribution in [3.63, 3.8) is 0 Å². The summed E-state index contributed by atoms with van der Waals surface area (Å²) in [5, 5.41) is 7.53. The number of amides is 2. The van der Waals surface area contributed by atoms with Crippen LogP contribution >= 0.6 is 0 Å². The third-order valence-corrected chi connectivity index (χ3v) is 5.06. The second-order valence-electron chi connectivity index (χ2n) is 7.56. The largest absolute Gasteiger partial charge is 0.472 e. The molecule has 0 unspecified atom stereocenters. The molecule has 0 radical (unpaired) electrons. The van der Waals surface area contributed by atoms with E-state index in [4.69, 9.17) is 4.42 Å². The summed E-state index contributed by atoms with van der Waals surface area (Å²) < 4.78 is 6.97. The Morgan fingerprint density at radius 3 is 2.89 bits per heavy atom. The molecule has 0 aliphatic carbocycles. The predicted molar refractivity (Wildman–Crippen MR) is 101 cm³/mol. The van der Waals surface area contributed by atoms with E-state index in [0.717, 1.165) is 30.8 Å². The van der Waals surface area contributed by atoms with Crippen molar-refractivity contribution in [1.82, 2.24) is 20.0 Å². The molecule has 0 bridgehead atoms. The fourth-order valence-corrected chi connectivity index (χ4v) is 3.58. The Bertz CT molecular complexity index is 781. The molecule has 7 nitrogen and oxygen atoms in total. The number of carbonyl (C=O) groups excluding carboxylic acids is 2. The first-order valence-electron chi connectivity index (χ1n) is 9.54. The number of nitrogens with zero attached hydrogens (tertiary/aromatic N) is 3. The monoisotopic (exact) mass is 372 g/mol. The third kappa shape index (κ3) is 4.78. The van der Waals surface area contributed by atoms with Crippen LogP contribution in [0.1, 0.15) is 41.5 Å². The highest BCUT2D eigenvalue weighted by atomic mass is 16.3. The minimum absolute atomic E-state index is 0.0277. The predicted octanol–water partition coefficient (Wildman–Crippen LogP) is 2.40. The highest BCUT2D eigenvalue weighted by molar-refractivity contribution is 5.94. The molecule has 27 heavy (non-hydrogen) atoms. The first kappa shape index (κ1) is 19.2. The Balaban J connectivity index is 1.48. The van der Waals surface area contributed by atoms with Crippen LogP contribution in [0.3, 0.4) is 0 Å². The summed E-state index contributed by atoms with van der Waals surface area (Å²) in [6.45, 7) is 8.64. The van der Waals surface area contributed by atoms with Gasteiger partial charge in [0, 0.05) is 31.9 Å². The zero-order valence-corrected chi connectivity index (χ0v) is 16.3. The Morgan fingerprint density at radius 2 is 2.22 bits per heavy atom. The van der Waals surface area contributed by atoms with Gasteiger partial charge in [0.2, 0.25) is 5.91 Å². The molecule has 1 fully saturated rings. The van der Waals surface area contributed by atoms with E-state index in [1.54, 1.807) is 11.0 Å². The highest BCUT2D eigenvalue weighted by Gasteiger charge is 2.29. The van der Waals surface area contributed by atoms with Crippen LogP contribution in [-0.2, 0) is 11.3 Å². The van der Waals surface area contributed by atoms with Gasteiger partial charge in [-0.2, -0.15) is 5.10 Å². The van der Waals surface area contributed by atoms with Gasteiger partial charge in [0.25, 0.3) is 5.91 Å². The second kappa shape index (κ2) is 8.41. The third-order valence-electron chi connectivity index (χ3n) is 5.06. The number of hydrogen-bond acceptors (Lipinski definition) is 4. The van der Waals surface area contributed by atoms with Crippen molar-refractivity contribution in [2.75, 3.05) is 19.6 Å². The van der Waals surface area contributed by atoms with Gasteiger partial charge in [0.05, 0.1) is 23.4 Å². The molecule has 2 atom stereocenters. The van der Waals surface area contributed by atoms with Crippen LogP contribution < -0.4 is 5.32 Å². The highest BCUT2D eigenvalue weighted by Crippen LogP contribution is 2.19. The van der Waals surface area contributed by atoms with Gasteiger partial charge < -0.3 is 14.6 Å². The van der Waals surface area contributed by atoms with Gasteiger partial charge >= 0.3 is 0 Å². The molecule has 2 aromatic heterocycles. The molecule has 1 aliphatic heterocycles. The number of aryl methyl sites for hydroxylation is 2. The molecule has 0 saturated carbocycles. The van der Waals surface area contributed by atoms with Crippen LogP contribution in [0.5, 0.6) is 0 Å². The van der Waals surface area contributed by atoms with E-state index in [1.165, 1.54) is 12.5 Å². The average Bonchev–Trinajstić information content (AvgIpc) is 3.29. The Hall–Kier alpha value is -2.57. The molecule has 146 valence electrons. The van der Waals surface area contributed by atoms with Gasteiger partial charge in [0.1, 0.15) is 6.26 Å². The maximum Gasteiger partial charge on any atom is 0.257 e. The smallest absolute Gasteiger partial charge is 0.257 e. The quantitative estimate of drug-likeness (QED) is 0.844. The number of carbonyl (C=O) groups is 2. The summed E-state index contributed by atoms with van der Waals surface area (Å²) in [4.78, 5) is 26.8.